The van der Waals surface area contributed by atoms with Crippen molar-refractivity contribution in [3.05, 3.63) is 85.1 Å². The average molecular weight is 972 g/mol. The smallest absolute Gasteiger partial charge is 0.306 e. The van der Waals surface area contributed by atoms with Gasteiger partial charge in [-0.05, 0) is 70.6 Å². The number of unbranched alkanes of at least 4 members (excludes halogenated alkanes) is 21. The molecule has 9 nitrogen and oxygen atoms in total. The first-order chi connectivity index (χ1) is 33.0. The SMILES string of the molecule is CC/C=C\C/C=C\C/C=C\C/C=C\C/C=C\C/C=C\C/C=C\CCCCCCCCCCCCCCCCCC(=O)OC(COC(=O)CCCCCCCCC)COP(=O)([O-])OCC[N+](C)(C)C. The van der Waals surface area contributed by atoms with Gasteiger partial charge >= 0.3 is 11.9 Å². The maximum absolute atomic E-state index is 12.7. The molecule has 0 aliphatic rings. The van der Waals surface area contributed by atoms with E-state index in [1.807, 2.05) is 21.1 Å². The minimum atomic E-state index is -4.62. The molecule has 0 radical (unpaired) electrons. The standard InChI is InChI=1S/C58H102NO8P/c1-6-8-10-12-14-15-16-17-18-19-20-21-22-23-24-25-26-27-28-29-30-31-32-33-34-35-36-37-38-39-40-41-42-43-45-47-49-51-58(61)67-56(55-66-68(62,63)65-53-52-59(3,4)5)54-64-57(60)50-48-46-44-13-11-9-7-2/h8,10,14-15,17-18,20-21,23-24,26-27,29-30,56H,6-7,9,11-13,16,19,22,25,28,31-55H2,1-5H3/b10-8-,15-14-,18-17-,21-20-,24-23-,27-26-,30-29-. The molecule has 0 amide bonds. The molecule has 0 aliphatic heterocycles. The molecule has 0 spiro atoms. The van der Waals surface area contributed by atoms with Crippen LogP contribution in [0.4, 0.5) is 0 Å². The van der Waals surface area contributed by atoms with Gasteiger partial charge in [-0.15, -0.1) is 0 Å². The molecule has 0 N–H and O–H groups in total. The predicted molar refractivity (Wildman–Crippen MR) is 286 cm³/mol. The fourth-order valence-electron chi connectivity index (χ4n) is 7.22. The molecule has 0 saturated heterocycles. The number of carbonyl (C=O) groups excluding carboxylic acids is 2. The fourth-order valence-corrected chi connectivity index (χ4v) is 7.95. The van der Waals surface area contributed by atoms with Crippen LogP contribution in [0.3, 0.4) is 0 Å². The number of quaternary nitrogens is 1. The highest BCUT2D eigenvalue weighted by Gasteiger charge is 2.21. The van der Waals surface area contributed by atoms with E-state index >= 15 is 0 Å². The first-order valence-electron chi connectivity index (χ1n) is 27.3. The monoisotopic (exact) mass is 972 g/mol. The Hall–Kier alpha value is -2.81. The molecule has 2 atom stereocenters. The van der Waals surface area contributed by atoms with Gasteiger partial charge in [0.2, 0.25) is 0 Å². The molecule has 0 aromatic heterocycles. The van der Waals surface area contributed by atoms with Gasteiger partial charge in [-0.3, -0.25) is 14.2 Å². The average Bonchev–Trinajstić information content (AvgIpc) is 3.30. The largest absolute Gasteiger partial charge is 0.756 e. The number of hydrogen-bond donors (Lipinski definition) is 0. The summed E-state index contributed by atoms with van der Waals surface area (Å²) in [5.74, 6) is -0.840. The van der Waals surface area contributed by atoms with Crippen LogP contribution in [-0.2, 0) is 32.7 Å². The van der Waals surface area contributed by atoms with Crippen LogP contribution in [0.5, 0.6) is 0 Å². The van der Waals surface area contributed by atoms with Crippen LogP contribution in [0.25, 0.3) is 0 Å². The number of ether oxygens (including phenoxy) is 2. The minimum Gasteiger partial charge on any atom is -0.756 e. The highest BCUT2D eigenvalue weighted by atomic mass is 31.2. The number of hydrogen-bond acceptors (Lipinski definition) is 8. The Bertz CT molecular complexity index is 1420. The van der Waals surface area contributed by atoms with E-state index in [9.17, 15) is 19.0 Å². The van der Waals surface area contributed by atoms with Crippen molar-refractivity contribution in [2.75, 3.05) is 47.5 Å². The van der Waals surface area contributed by atoms with Crippen LogP contribution in [0.2, 0.25) is 0 Å². The maximum Gasteiger partial charge on any atom is 0.306 e. The van der Waals surface area contributed by atoms with Crippen LogP contribution in [0.15, 0.2) is 85.1 Å². The van der Waals surface area contributed by atoms with Crippen molar-refractivity contribution in [2.45, 2.75) is 225 Å². The van der Waals surface area contributed by atoms with Gasteiger partial charge < -0.3 is 27.9 Å². The van der Waals surface area contributed by atoms with Crippen molar-refractivity contribution in [3.8, 4) is 0 Å². The molecule has 2 unspecified atom stereocenters. The fraction of sp³-hybridized carbons (Fsp3) is 0.724. The van der Waals surface area contributed by atoms with E-state index in [2.05, 4.69) is 98.9 Å². The van der Waals surface area contributed by atoms with Crippen molar-refractivity contribution in [3.63, 3.8) is 0 Å². The third kappa shape index (κ3) is 52.6. The number of carbonyl (C=O) groups is 2. The van der Waals surface area contributed by atoms with Crippen LogP contribution < -0.4 is 4.89 Å². The van der Waals surface area contributed by atoms with Gasteiger partial charge in [0.15, 0.2) is 6.10 Å². The lowest BCUT2D eigenvalue weighted by Crippen LogP contribution is -2.37. The maximum atomic E-state index is 12.7. The van der Waals surface area contributed by atoms with Gasteiger partial charge in [0, 0.05) is 12.8 Å². The molecule has 0 bridgehead atoms. The van der Waals surface area contributed by atoms with Crippen LogP contribution in [0, 0.1) is 0 Å². The van der Waals surface area contributed by atoms with Crippen LogP contribution >= 0.6 is 7.82 Å². The lowest BCUT2D eigenvalue weighted by atomic mass is 10.0. The molecule has 392 valence electrons. The van der Waals surface area contributed by atoms with Gasteiger partial charge in [0.25, 0.3) is 7.82 Å². The number of likely N-dealkylation sites (N-methyl/N-ethyl adjacent to an activating group) is 1. The van der Waals surface area contributed by atoms with Gasteiger partial charge in [-0.2, -0.15) is 0 Å². The Kier molecular flexibility index (Phi) is 47.2. The first kappa shape index (κ1) is 65.2. The molecule has 0 saturated carbocycles. The van der Waals surface area contributed by atoms with Crippen molar-refractivity contribution < 1.29 is 42.1 Å². The number of allylic oxidation sites excluding steroid dienone is 14. The van der Waals surface area contributed by atoms with Gasteiger partial charge in [0.05, 0.1) is 27.7 Å². The van der Waals surface area contributed by atoms with E-state index in [0.717, 1.165) is 83.5 Å². The third-order valence-electron chi connectivity index (χ3n) is 11.4. The molecule has 0 rings (SSSR count). The number of phosphoric acid groups is 1. The summed E-state index contributed by atoms with van der Waals surface area (Å²) >= 11 is 0. The molecule has 0 heterocycles. The van der Waals surface area contributed by atoms with Crippen molar-refractivity contribution in [2.24, 2.45) is 0 Å². The number of esters is 2. The van der Waals surface area contributed by atoms with E-state index in [-0.39, 0.29) is 26.1 Å². The zero-order chi connectivity index (χ0) is 49.9. The second kappa shape index (κ2) is 49.2. The molecule has 0 fully saturated rings. The normalized spacial score (nSPS) is 14.0. The topological polar surface area (TPSA) is 111 Å². The summed E-state index contributed by atoms with van der Waals surface area (Å²) in [6.07, 6.45) is 65.3. The minimum absolute atomic E-state index is 0.0319. The summed E-state index contributed by atoms with van der Waals surface area (Å²) in [5, 5.41) is 0. The highest BCUT2D eigenvalue weighted by molar-refractivity contribution is 7.45. The molecular formula is C58H102NO8P. The third-order valence-corrected chi connectivity index (χ3v) is 12.4. The zero-order valence-electron chi connectivity index (χ0n) is 44.3. The molecule has 0 aromatic carbocycles. The highest BCUT2D eigenvalue weighted by Crippen LogP contribution is 2.38. The lowest BCUT2D eigenvalue weighted by molar-refractivity contribution is -0.870. The lowest BCUT2D eigenvalue weighted by Gasteiger charge is -2.28. The Morgan fingerprint density at radius 3 is 1.25 bits per heavy atom. The van der Waals surface area contributed by atoms with E-state index in [0.29, 0.717) is 17.4 Å². The van der Waals surface area contributed by atoms with E-state index in [1.54, 1.807) is 0 Å². The van der Waals surface area contributed by atoms with Crippen molar-refractivity contribution in [1.82, 2.24) is 0 Å². The Morgan fingerprint density at radius 1 is 0.471 bits per heavy atom. The summed E-state index contributed by atoms with van der Waals surface area (Å²) in [4.78, 5) is 37.5. The molecular weight excluding hydrogens is 870 g/mol. The molecule has 10 heteroatoms. The van der Waals surface area contributed by atoms with Gasteiger partial charge in [0.1, 0.15) is 19.8 Å². The van der Waals surface area contributed by atoms with Crippen molar-refractivity contribution >= 4 is 19.8 Å². The number of rotatable bonds is 49. The zero-order valence-corrected chi connectivity index (χ0v) is 45.2. The second-order valence-corrected chi connectivity index (χ2v) is 20.6. The summed E-state index contributed by atoms with van der Waals surface area (Å²) in [6, 6.07) is 0. The Labute approximate surface area is 418 Å². The first-order valence-corrected chi connectivity index (χ1v) is 28.8. The molecule has 68 heavy (non-hydrogen) atoms. The summed E-state index contributed by atoms with van der Waals surface area (Å²) in [5.41, 5.74) is 0. The van der Waals surface area contributed by atoms with Crippen molar-refractivity contribution in [1.29, 1.82) is 0 Å². The Morgan fingerprint density at radius 2 is 0.838 bits per heavy atom. The number of phosphoric ester groups is 1. The van der Waals surface area contributed by atoms with Crippen LogP contribution in [-0.4, -0.2) is 70.0 Å². The van der Waals surface area contributed by atoms with E-state index in [1.165, 1.54) is 103 Å². The Balaban J connectivity index is 3.93. The quantitative estimate of drug-likeness (QED) is 0.0195. The predicted octanol–water partition coefficient (Wildman–Crippen LogP) is 16.1. The van der Waals surface area contributed by atoms with E-state index in [4.69, 9.17) is 18.5 Å². The van der Waals surface area contributed by atoms with Gasteiger partial charge in [-0.1, -0.05) is 221 Å². The van der Waals surface area contributed by atoms with Gasteiger partial charge in [-0.25, -0.2) is 0 Å². The molecule has 0 aromatic rings. The summed E-state index contributed by atoms with van der Waals surface area (Å²) in [6.45, 7) is 4.06. The summed E-state index contributed by atoms with van der Waals surface area (Å²) in [7, 11) is 1.16. The molecule has 0 aliphatic carbocycles. The van der Waals surface area contributed by atoms with Crippen LogP contribution in [0.1, 0.15) is 219 Å². The summed E-state index contributed by atoms with van der Waals surface area (Å²) < 4.78 is 33.9. The van der Waals surface area contributed by atoms with E-state index < -0.39 is 32.5 Å². The number of nitrogens with zero attached hydrogens (tertiary/aromatic N) is 1. The second-order valence-electron chi connectivity index (χ2n) is 19.2.